The predicted octanol–water partition coefficient (Wildman–Crippen LogP) is 3.99. The average molecular weight is 362 g/mol. The van der Waals surface area contributed by atoms with Crippen molar-refractivity contribution < 1.29 is 9.47 Å². The van der Waals surface area contributed by atoms with Crippen molar-refractivity contribution >= 4 is 31.9 Å². The van der Waals surface area contributed by atoms with E-state index in [1.54, 1.807) is 0 Å². The SMILES string of the molecule is C[C@@]1(C=C(Br)Br)O[C@@H]1COCc1ccccc1. The van der Waals surface area contributed by atoms with Crippen LogP contribution < -0.4 is 0 Å². The smallest absolute Gasteiger partial charge is 0.114 e. The standard InChI is InChI=1S/C13H14Br2O2/c1-13(7-12(14)15)11(17-13)9-16-8-10-5-3-2-4-6-10/h2-7,11H,8-9H2,1H3/t11-,13+/m1/s1. The number of epoxide rings is 1. The summed E-state index contributed by atoms with van der Waals surface area (Å²) in [4.78, 5) is 0. The second kappa shape index (κ2) is 5.65. The van der Waals surface area contributed by atoms with Crippen molar-refractivity contribution in [1.82, 2.24) is 0 Å². The Labute approximate surface area is 118 Å². The molecule has 2 nitrogen and oxygen atoms in total. The van der Waals surface area contributed by atoms with E-state index in [4.69, 9.17) is 9.47 Å². The summed E-state index contributed by atoms with van der Waals surface area (Å²) >= 11 is 6.68. The molecule has 1 saturated heterocycles. The number of hydrogen-bond donors (Lipinski definition) is 0. The molecule has 0 bridgehead atoms. The molecule has 92 valence electrons. The van der Waals surface area contributed by atoms with Crippen molar-refractivity contribution in [2.45, 2.75) is 25.2 Å². The second-order valence-corrected chi connectivity index (χ2v) is 7.00. The zero-order valence-corrected chi connectivity index (χ0v) is 12.7. The molecule has 0 radical (unpaired) electrons. The monoisotopic (exact) mass is 360 g/mol. The topological polar surface area (TPSA) is 21.8 Å². The number of hydrogen-bond acceptors (Lipinski definition) is 2. The molecule has 1 aliphatic rings. The molecule has 1 aromatic carbocycles. The van der Waals surface area contributed by atoms with Crippen LogP contribution in [0.15, 0.2) is 39.8 Å². The lowest BCUT2D eigenvalue weighted by Gasteiger charge is -2.03. The normalized spacial score (nSPS) is 26.6. The third kappa shape index (κ3) is 3.91. The summed E-state index contributed by atoms with van der Waals surface area (Å²) < 4.78 is 12.1. The second-order valence-electron chi connectivity index (χ2n) is 4.23. The number of halogens is 2. The Hall–Kier alpha value is -0.160. The minimum absolute atomic E-state index is 0.149. The molecule has 4 heteroatoms. The van der Waals surface area contributed by atoms with Crippen LogP contribution in [0.2, 0.25) is 0 Å². The third-order valence-corrected chi connectivity index (χ3v) is 3.21. The van der Waals surface area contributed by atoms with Gasteiger partial charge in [0.15, 0.2) is 0 Å². The largest absolute Gasteiger partial charge is 0.374 e. The fourth-order valence-corrected chi connectivity index (χ4v) is 2.58. The first-order valence-corrected chi connectivity index (χ1v) is 7.02. The van der Waals surface area contributed by atoms with Crippen molar-refractivity contribution in [3.63, 3.8) is 0 Å². The van der Waals surface area contributed by atoms with Gasteiger partial charge in [-0.1, -0.05) is 30.3 Å². The average Bonchev–Trinajstić information content (AvgIpc) is 2.89. The van der Waals surface area contributed by atoms with Gasteiger partial charge in [-0.3, -0.25) is 0 Å². The van der Waals surface area contributed by atoms with Gasteiger partial charge in [0.2, 0.25) is 0 Å². The van der Waals surface area contributed by atoms with Gasteiger partial charge in [0.25, 0.3) is 0 Å². The van der Waals surface area contributed by atoms with Gasteiger partial charge in [0.1, 0.15) is 11.7 Å². The van der Waals surface area contributed by atoms with Gasteiger partial charge in [-0.2, -0.15) is 0 Å². The lowest BCUT2D eigenvalue weighted by molar-refractivity contribution is 0.104. The van der Waals surface area contributed by atoms with Crippen LogP contribution in [0.25, 0.3) is 0 Å². The molecular formula is C13H14Br2O2. The van der Waals surface area contributed by atoms with Crippen LogP contribution >= 0.6 is 31.9 Å². The summed E-state index contributed by atoms with van der Waals surface area (Å²) in [6.07, 6.45) is 2.15. The van der Waals surface area contributed by atoms with E-state index in [2.05, 4.69) is 44.0 Å². The van der Waals surface area contributed by atoms with Crippen molar-refractivity contribution in [3.8, 4) is 0 Å². The van der Waals surface area contributed by atoms with Gasteiger partial charge in [0.05, 0.1) is 16.6 Å². The molecule has 1 fully saturated rings. The molecule has 2 atom stereocenters. The van der Waals surface area contributed by atoms with Crippen LogP contribution in [-0.2, 0) is 16.1 Å². The molecule has 0 unspecified atom stereocenters. The first kappa shape index (κ1) is 13.3. The third-order valence-electron chi connectivity index (χ3n) is 2.75. The maximum Gasteiger partial charge on any atom is 0.114 e. The molecule has 17 heavy (non-hydrogen) atoms. The summed E-state index contributed by atoms with van der Waals surface area (Å²) in [6.45, 7) is 3.30. The minimum Gasteiger partial charge on any atom is -0.374 e. The fraction of sp³-hybridized carbons (Fsp3) is 0.385. The number of ether oxygens (including phenoxy) is 2. The van der Waals surface area contributed by atoms with Crippen LogP contribution in [-0.4, -0.2) is 18.3 Å². The van der Waals surface area contributed by atoms with Gasteiger partial charge >= 0.3 is 0 Å². The van der Waals surface area contributed by atoms with E-state index in [0.717, 1.165) is 3.39 Å². The maximum absolute atomic E-state index is 5.64. The van der Waals surface area contributed by atoms with Gasteiger partial charge < -0.3 is 9.47 Å². The first-order valence-electron chi connectivity index (χ1n) is 5.43. The van der Waals surface area contributed by atoms with Crippen molar-refractivity contribution in [2.24, 2.45) is 0 Å². The molecule has 0 aliphatic carbocycles. The molecule has 1 heterocycles. The zero-order chi connectivity index (χ0) is 12.3. The lowest BCUT2D eigenvalue weighted by Crippen LogP contribution is -2.11. The summed E-state index contributed by atoms with van der Waals surface area (Å²) in [5.41, 5.74) is 0.992. The summed E-state index contributed by atoms with van der Waals surface area (Å²) in [5, 5.41) is 0. The predicted molar refractivity (Wildman–Crippen MR) is 75.3 cm³/mol. The highest BCUT2D eigenvalue weighted by atomic mass is 79.9. The van der Waals surface area contributed by atoms with Gasteiger partial charge in [-0.05, 0) is 50.4 Å². The maximum atomic E-state index is 5.64. The van der Waals surface area contributed by atoms with Crippen LogP contribution in [0.1, 0.15) is 12.5 Å². The summed E-state index contributed by atoms with van der Waals surface area (Å²) in [7, 11) is 0. The zero-order valence-electron chi connectivity index (χ0n) is 9.53. The van der Waals surface area contributed by atoms with E-state index in [0.29, 0.717) is 13.2 Å². The number of benzene rings is 1. The van der Waals surface area contributed by atoms with Crippen LogP contribution in [0, 0.1) is 0 Å². The van der Waals surface area contributed by atoms with E-state index in [1.807, 2.05) is 31.2 Å². The highest BCUT2D eigenvalue weighted by molar-refractivity contribution is 9.28. The van der Waals surface area contributed by atoms with Crippen LogP contribution in [0.3, 0.4) is 0 Å². The molecule has 0 saturated carbocycles. The molecule has 1 aromatic rings. The quantitative estimate of drug-likeness (QED) is 0.739. The van der Waals surface area contributed by atoms with Crippen molar-refractivity contribution in [3.05, 3.63) is 45.4 Å². The van der Waals surface area contributed by atoms with E-state index < -0.39 is 0 Å². The first-order chi connectivity index (χ1) is 8.10. The Balaban J connectivity index is 1.73. The van der Waals surface area contributed by atoms with Gasteiger partial charge in [0, 0.05) is 0 Å². The highest BCUT2D eigenvalue weighted by Gasteiger charge is 2.50. The molecule has 0 amide bonds. The molecular weight excluding hydrogens is 348 g/mol. The van der Waals surface area contributed by atoms with E-state index in [-0.39, 0.29) is 11.7 Å². The Kier molecular flexibility index (Phi) is 4.42. The van der Waals surface area contributed by atoms with Crippen LogP contribution in [0.5, 0.6) is 0 Å². The Morgan fingerprint density at radius 3 is 2.76 bits per heavy atom. The van der Waals surface area contributed by atoms with Gasteiger partial charge in [-0.15, -0.1) is 0 Å². The Morgan fingerprint density at radius 2 is 2.12 bits per heavy atom. The highest BCUT2D eigenvalue weighted by Crippen LogP contribution is 2.40. The Bertz CT molecular complexity index is 401. The van der Waals surface area contributed by atoms with E-state index in [1.165, 1.54) is 5.56 Å². The summed E-state index contributed by atoms with van der Waals surface area (Å²) in [5.74, 6) is 0. The number of rotatable bonds is 5. The van der Waals surface area contributed by atoms with Crippen LogP contribution in [0.4, 0.5) is 0 Å². The van der Waals surface area contributed by atoms with Crippen molar-refractivity contribution in [2.75, 3.05) is 6.61 Å². The lowest BCUT2D eigenvalue weighted by atomic mass is 10.1. The molecule has 0 spiro atoms. The molecule has 2 rings (SSSR count). The van der Waals surface area contributed by atoms with Crippen molar-refractivity contribution in [1.29, 1.82) is 0 Å². The minimum atomic E-state index is -0.195. The van der Waals surface area contributed by atoms with Gasteiger partial charge in [-0.25, -0.2) is 0 Å². The van der Waals surface area contributed by atoms with E-state index >= 15 is 0 Å². The Morgan fingerprint density at radius 1 is 1.41 bits per heavy atom. The summed E-state index contributed by atoms with van der Waals surface area (Å²) in [6, 6.07) is 10.1. The molecule has 0 N–H and O–H groups in total. The van der Waals surface area contributed by atoms with E-state index in [9.17, 15) is 0 Å². The molecule has 1 aliphatic heterocycles. The fourth-order valence-electron chi connectivity index (χ4n) is 1.67. The molecule has 0 aromatic heterocycles.